The van der Waals surface area contributed by atoms with Crippen molar-refractivity contribution in [1.29, 1.82) is 0 Å². The Hall–Kier alpha value is -3.13. The summed E-state index contributed by atoms with van der Waals surface area (Å²) in [5.41, 5.74) is 1.92. The van der Waals surface area contributed by atoms with E-state index in [9.17, 15) is 14.4 Å². The van der Waals surface area contributed by atoms with Crippen molar-refractivity contribution in [2.45, 2.75) is 6.92 Å². The molecule has 0 saturated heterocycles. The van der Waals surface area contributed by atoms with Gasteiger partial charge in [0, 0.05) is 11.4 Å². The van der Waals surface area contributed by atoms with Gasteiger partial charge in [-0.05, 0) is 42.1 Å². The van der Waals surface area contributed by atoms with Gasteiger partial charge in [0.05, 0.1) is 25.2 Å². The van der Waals surface area contributed by atoms with Crippen LogP contribution in [0.15, 0.2) is 47.5 Å². The van der Waals surface area contributed by atoms with Crippen LogP contribution in [-0.2, 0) is 19.1 Å². The highest BCUT2D eigenvalue weighted by atomic mass is 32.1. The molecule has 0 bridgehead atoms. The van der Waals surface area contributed by atoms with Gasteiger partial charge in [-0.25, -0.2) is 9.59 Å². The summed E-state index contributed by atoms with van der Waals surface area (Å²) in [5, 5.41) is 7.48. The first-order chi connectivity index (χ1) is 12.4. The summed E-state index contributed by atoms with van der Waals surface area (Å²) in [4.78, 5) is 35.9. The van der Waals surface area contributed by atoms with E-state index < -0.39 is 11.9 Å². The van der Waals surface area contributed by atoms with Gasteiger partial charge in [-0.1, -0.05) is 6.07 Å². The highest BCUT2D eigenvalue weighted by molar-refractivity contribution is 7.12. The van der Waals surface area contributed by atoms with Gasteiger partial charge in [0.15, 0.2) is 0 Å². The smallest absolute Gasteiger partial charge is 0.354 e. The zero-order chi connectivity index (χ0) is 19.1. The molecule has 0 fully saturated rings. The van der Waals surface area contributed by atoms with E-state index in [0.717, 1.165) is 11.6 Å². The molecule has 0 atom stereocenters. The maximum atomic E-state index is 12.1. The third-order valence-electron chi connectivity index (χ3n) is 3.37. The predicted octanol–water partition coefficient (Wildman–Crippen LogP) is 2.95. The van der Waals surface area contributed by atoms with E-state index in [0.29, 0.717) is 16.3 Å². The zero-order valence-electron chi connectivity index (χ0n) is 14.5. The number of aryl methyl sites for hydroxylation is 1. The van der Waals surface area contributed by atoms with Crippen molar-refractivity contribution >= 4 is 40.6 Å². The van der Waals surface area contributed by atoms with E-state index in [-0.39, 0.29) is 11.6 Å². The first kappa shape index (κ1) is 19.2. The Labute approximate surface area is 154 Å². The number of benzene rings is 1. The molecule has 26 heavy (non-hydrogen) atoms. The average molecular weight is 374 g/mol. The highest BCUT2D eigenvalue weighted by Crippen LogP contribution is 2.22. The van der Waals surface area contributed by atoms with Gasteiger partial charge in [0.2, 0.25) is 0 Å². The summed E-state index contributed by atoms with van der Waals surface area (Å²) >= 11 is 1.35. The third-order valence-corrected chi connectivity index (χ3v) is 4.24. The van der Waals surface area contributed by atoms with Gasteiger partial charge in [-0.2, -0.15) is 0 Å². The molecular formula is C18H18N2O5S. The number of rotatable bonds is 6. The molecule has 1 aromatic carbocycles. The number of methoxy groups -OCH3 is 2. The molecule has 0 unspecified atom stereocenters. The Morgan fingerprint density at radius 2 is 1.85 bits per heavy atom. The van der Waals surface area contributed by atoms with Gasteiger partial charge < -0.3 is 20.1 Å². The lowest BCUT2D eigenvalue weighted by Crippen LogP contribution is -2.16. The summed E-state index contributed by atoms with van der Waals surface area (Å²) < 4.78 is 9.17. The molecule has 0 aliphatic heterocycles. The number of carbonyl (C=O) groups excluding carboxylic acids is 3. The molecular weight excluding hydrogens is 356 g/mol. The minimum atomic E-state index is -0.705. The summed E-state index contributed by atoms with van der Waals surface area (Å²) in [6.45, 7) is 1.82. The Morgan fingerprint density at radius 3 is 2.42 bits per heavy atom. The van der Waals surface area contributed by atoms with Crippen molar-refractivity contribution in [2.75, 3.05) is 24.9 Å². The summed E-state index contributed by atoms with van der Waals surface area (Å²) in [6, 6.07) is 8.66. The lowest BCUT2D eigenvalue weighted by atomic mass is 10.1. The second-order valence-corrected chi connectivity index (χ2v) is 6.11. The van der Waals surface area contributed by atoms with Crippen molar-refractivity contribution in [1.82, 2.24) is 0 Å². The second-order valence-electron chi connectivity index (χ2n) is 5.16. The Kier molecular flexibility index (Phi) is 6.51. The van der Waals surface area contributed by atoms with Gasteiger partial charge >= 0.3 is 11.9 Å². The minimum absolute atomic E-state index is 0.0610. The molecule has 136 valence electrons. The first-order valence-electron chi connectivity index (χ1n) is 7.55. The normalized spacial score (nSPS) is 10.8. The number of amides is 1. The maximum absolute atomic E-state index is 12.1. The average Bonchev–Trinajstić information content (AvgIpc) is 3.17. The van der Waals surface area contributed by atoms with Crippen LogP contribution >= 0.6 is 11.3 Å². The first-order valence-corrected chi connectivity index (χ1v) is 8.43. The van der Waals surface area contributed by atoms with E-state index >= 15 is 0 Å². The fourth-order valence-corrected chi connectivity index (χ4v) is 2.68. The van der Waals surface area contributed by atoms with Gasteiger partial charge in [0.1, 0.15) is 5.70 Å². The van der Waals surface area contributed by atoms with Crippen molar-refractivity contribution in [2.24, 2.45) is 0 Å². The fourth-order valence-electron chi connectivity index (χ4n) is 2.06. The maximum Gasteiger partial charge on any atom is 0.354 e. The lowest BCUT2D eigenvalue weighted by molar-refractivity contribution is -0.138. The molecule has 0 aliphatic rings. The van der Waals surface area contributed by atoms with Crippen LogP contribution in [0, 0.1) is 6.92 Å². The summed E-state index contributed by atoms with van der Waals surface area (Å²) in [7, 11) is 2.42. The molecule has 2 aromatic rings. The third kappa shape index (κ3) is 4.93. The molecule has 1 aromatic heterocycles. The number of thiophene rings is 1. The number of ether oxygens (including phenoxy) is 2. The van der Waals surface area contributed by atoms with Gasteiger partial charge in [-0.3, -0.25) is 4.79 Å². The summed E-state index contributed by atoms with van der Waals surface area (Å²) in [6.07, 6.45) is 1.01. The highest BCUT2D eigenvalue weighted by Gasteiger charge is 2.14. The van der Waals surface area contributed by atoms with Crippen molar-refractivity contribution < 1.29 is 23.9 Å². The van der Waals surface area contributed by atoms with Crippen LogP contribution in [0.4, 0.5) is 11.4 Å². The van der Waals surface area contributed by atoms with Crippen LogP contribution in [0.3, 0.4) is 0 Å². The van der Waals surface area contributed by atoms with E-state index in [4.69, 9.17) is 0 Å². The number of hydrogen-bond acceptors (Lipinski definition) is 7. The molecule has 0 spiro atoms. The van der Waals surface area contributed by atoms with Crippen LogP contribution in [0.1, 0.15) is 15.2 Å². The zero-order valence-corrected chi connectivity index (χ0v) is 15.3. The molecule has 8 heteroatoms. The van der Waals surface area contributed by atoms with Crippen LogP contribution in [0.5, 0.6) is 0 Å². The Bertz CT molecular complexity index is 843. The molecule has 0 saturated carbocycles. The molecule has 7 nitrogen and oxygen atoms in total. The number of carbonyl (C=O) groups is 3. The SMILES string of the molecule is COC(=O)/C=C(/Nc1ccc(NC(=O)c2cccs2)c(C)c1)C(=O)OC. The number of esters is 2. The Balaban J connectivity index is 2.17. The molecule has 2 rings (SSSR count). The van der Waals surface area contributed by atoms with Crippen LogP contribution < -0.4 is 10.6 Å². The standard InChI is InChI=1S/C18H18N2O5S/c1-11-9-12(19-14(18(23)25-3)10-16(21)24-2)6-7-13(11)20-17(22)15-5-4-8-26-15/h4-10,19H,1-3H3,(H,20,22)/b14-10+. The van der Waals surface area contributed by atoms with Crippen LogP contribution in [-0.4, -0.2) is 32.1 Å². The van der Waals surface area contributed by atoms with E-state index in [1.165, 1.54) is 25.6 Å². The monoisotopic (exact) mass is 374 g/mol. The quantitative estimate of drug-likeness (QED) is 0.596. The Morgan fingerprint density at radius 1 is 1.08 bits per heavy atom. The van der Waals surface area contributed by atoms with E-state index in [1.807, 2.05) is 12.3 Å². The molecule has 1 heterocycles. The number of hydrogen-bond donors (Lipinski definition) is 2. The largest absolute Gasteiger partial charge is 0.466 e. The van der Waals surface area contributed by atoms with Crippen molar-refractivity contribution in [3.63, 3.8) is 0 Å². The lowest BCUT2D eigenvalue weighted by Gasteiger charge is -2.12. The van der Waals surface area contributed by atoms with Crippen molar-refractivity contribution in [3.8, 4) is 0 Å². The molecule has 2 N–H and O–H groups in total. The fraction of sp³-hybridized carbons (Fsp3) is 0.167. The van der Waals surface area contributed by atoms with Crippen LogP contribution in [0.25, 0.3) is 0 Å². The van der Waals surface area contributed by atoms with E-state index in [2.05, 4.69) is 20.1 Å². The van der Waals surface area contributed by atoms with Gasteiger partial charge in [-0.15, -0.1) is 11.3 Å². The van der Waals surface area contributed by atoms with Crippen LogP contribution in [0.2, 0.25) is 0 Å². The molecule has 1 amide bonds. The van der Waals surface area contributed by atoms with E-state index in [1.54, 1.807) is 30.3 Å². The number of nitrogens with one attached hydrogen (secondary N) is 2. The minimum Gasteiger partial charge on any atom is -0.466 e. The summed E-state index contributed by atoms with van der Waals surface area (Å²) in [5.74, 6) is -1.58. The van der Waals surface area contributed by atoms with Gasteiger partial charge in [0.25, 0.3) is 5.91 Å². The van der Waals surface area contributed by atoms with Crippen molar-refractivity contribution in [3.05, 3.63) is 57.9 Å². The second kappa shape index (κ2) is 8.82. The topological polar surface area (TPSA) is 93.7 Å². The molecule has 0 aliphatic carbocycles. The predicted molar refractivity (Wildman–Crippen MR) is 99.2 cm³/mol. The molecule has 0 radical (unpaired) electrons. The number of anilines is 2.